The van der Waals surface area contributed by atoms with E-state index in [4.69, 9.17) is 14.5 Å². The fourth-order valence-corrected chi connectivity index (χ4v) is 10.5. The van der Waals surface area contributed by atoms with E-state index in [0.717, 1.165) is 70.4 Å². The fraction of sp³-hybridized carbons (Fsp3) is 0.540. The Kier molecular flexibility index (Phi) is 12.7. The summed E-state index contributed by atoms with van der Waals surface area (Å²) in [5.74, 6) is -1.70. The molecule has 1 aliphatic carbocycles. The van der Waals surface area contributed by atoms with Crippen LogP contribution < -0.4 is 16.1 Å². The molecule has 4 N–H and O–H groups in total. The minimum absolute atomic E-state index is 0.0172. The van der Waals surface area contributed by atoms with E-state index in [9.17, 15) is 24.3 Å². The van der Waals surface area contributed by atoms with Crippen molar-refractivity contribution in [3.63, 3.8) is 0 Å². The number of aromatic nitrogens is 2. The van der Waals surface area contributed by atoms with E-state index in [-0.39, 0.29) is 48.2 Å². The molecule has 1 saturated carbocycles. The number of cyclic esters (lactones) is 1. The molecule has 2 aromatic carbocycles. The highest BCUT2D eigenvalue weighted by Crippen LogP contribution is 2.54. The number of likely N-dealkylation sites (N-methyl/N-ethyl adjacent to an activating group) is 1. The number of nitrogens with zero attached hydrogens (tertiary/aromatic N) is 4. The van der Waals surface area contributed by atoms with E-state index in [1.165, 1.54) is 5.01 Å². The van der Waals surface area contributed by atoms with Gasteiger partial charge in [0.2, 0.25) is 11.8 Å². The van der Waals surface area contributed by atoms with Crippen LogP contribution in [0.25, 0.3) is 33.3 Å². The van der Waals surface area contributed by atoms with E-state index < -0.39 is 41.3 Å². The lowest BCUT2D eigenvalue weighted by atomic mass is 9.84. The van der Waals surface area contributed by atoms with E-state index in [0.29, 0.717) is 37.9 Å². The van der Waals surface area contributed by atoms with E-state index in [1.54, 1.807) is 37.4 Å². The minimum Gasteiger partial charge on any atom is -0.508 e. The average Bonchev–Trinajstić information content (AvgIpc) is 3.84. The predicted molar refractivity (Wildman–Crippen MR) is 245 cm³/mol. The number of phenolic OH excluding ortho intramolecular Hbond substituents is 1. The maximum atomic E-state index is 14.7. The fourth-order valence-electron chi connectivity index (χ4n) is 10.5. The van der Waals surface area contributed by atoms with Crippen LogP contribution >= 0.6 is 0 Å². The Labute approximate surface area is 376 Å². The Balaban J connectivity index is 1.22. The summed E-state index contributed by atoms with van der Waals surface area (Å²) in [7, 11) is 3.36. The number of carbonyl (C=O) groups is 4. The third-order valence-corrected chi connectivity index (χ3v) is 14.1. The summed E-state index contributed by atoms with van der Waals surface area (Å²) in [5.41, 5.74) is 9.71. The second-order valence-electron chi connectivity index (χ2n) is 19.7. The number of esters is 1. The van der Waals surface area contributed by atoms with Crippen LogP contribution in [0.3, 0.4) is 0 Å². The highest BCUT2D eigenvalue weighted by atomic mass is 16.5. The van der Waals surface area contributed by atoms with Crippen LogP contribution in [0.15, 0.2) is 54.7 Å². The Morgan fingerprint density at radius 3 is 2.58 bits per heavy atom. The monoisotopic (exact) mass is 875 g/mol. The van der Waals surface area contributed by atoms with E-state index in [2.05, 4.69) is 59.6 Å². The molecule has 4 aromatic rings. The van der Waals surface area contributed by atoms with Gasteiger partial charge in [0.15, 0.2) is 0 Å². The molecule has 6 bridgehead atoms. The van der Waals surface area contributed by atoms with Crippen molar-refractivity contribution < 1.29 is 33.8 Å². The quantitative estimate of drug-likeness (QED) is 0.145. The van der Waals surface area contributed by atoms with Crippen LogP contribution in [0.5, 0.6) is 5.75 Å². The van der Waals surface area contributed by atoms with Gasteiger partial charge in [0.05, 0.1) is 30.1 Å². The van der Waals surface area contributed by atoms with Gasteiger partial charge in [-0.15, -0.1) is 0 Å². The molecule has 1 unspecified atom stereocenters. The first kappa shape index (κ1) is 45.3. The zero-order valence-corrected chi connectivity index (χ0v) is 38.6. The van der Waals surface area contributed by atoms with E-state index in [1.807, 2.05) is 39.0 Å². The highest BCUT2D eigenvalue weighted by Gasteiger charge is 2.56. The molecule has 8 rings (SSSR count). The second kappa shape index (κ2) is 17.9. The van der Waals surface area contributed by atoms with Crippen molar-refractivity contribution in [1.29, 1.82) is 0 Å². The summed E-state index contributed by atoms with van der Waals surface area (Å²) >= 11 is 0. The number of hydrogen-bond acceptors (Lipinski definition) is 10. The van der Waals surface area contributed by atoms with Gasteiger partial charge in [0, 0.05) is 61.7 Å². The van der Waals surface area contributed by atoms with Gasteiger partial charge in [0.1, 0.15) is 23.9 Å². The zero-order valence-electron chi connectivity index (χ0n) is 38.6. The molecule has 3 fully saturated rings. The normalized spacial score (nSPS) is 22.8. The number of nitrogens with one attached hydrogen (secondary N) is 3. The number of aryl methyl sites for hydroxylation is 1. The van der Waals surface area contributed by atoms with E-state index >= 15 is 0 Å². The largest absolute Gasteiger partial charge is 0.508 e. The molecule has 3 aliphatic heterocycles. The SMILES string of the molecule is CCn1c(-c2cccnc2[C@H](C)OC)c2c3cc(ccc31)-c1cc(O)cc(c1)C[C@H](NC(=O)[C@H](C(C)C)N(C)C(=O)C1NCCC13CC3)C(=O)N1CCC[C@H](N1)C(=O)OCC(C)(C)C2. The number of pyridine rings is 1. The molecule has 4 aliphatic rings. The van der Waals surface area contributed by atoms with Crippen LogP contribution in [0.4, 0.5) is 0 Å². The van der Waals surface area contributed by atoms with Crippen LogP contribution in [0, 0.1) is 16.7 Å². The Morgan fingerprint density at radius 2 is 1.86 bits per heavy atom. The van der Waals surface area contributed by atoms with Crippen LogP contribution in [0.2, 0.25) is 0 Å². The number of amides is 3. The summed E-state index contributed by atoms with van der Waals surface area (Å²) in [6.07, 6.45) is 6.03. The Bertz CT molecular complexity index is 2440. The predicted octanol–water partition coefficient (Wildman–Crippen LogP) is 6.08. The average molecular weight is 876 g/mol. The summed E-state index contributed by atoms with van der Waals surface area (Å²) in [4.78, 5) is 63.5. The number of hydrogen-bond donors (Lipinski definition) is 4. The van der Waals surface area contributed by atoms with Gasteiger partial charge >= 0.3 is 5.97 Å². The summed E-state index contributed by atoms with van der Waals surface area (Å²) in [5, 5.41) is 20.2. The molecule has 14 heteroatoms. The number of fused-ring (bicyclic) bond motifs is 6. The van der Waals surface area contributed by atoms with Gasteiger partial charge in [-0.2, -0.15) is 0 Å². The number of benzene rings is 2. The Hall–Kier alpha value is -5.31. The number of methoxy groups -OCH3 is 1. The second-order valence-corrected chi connectivity index (χ2v) is 19.7. The molecule has 64 heavy (non-hydrogen) atoms. The number of hydrazine groups is 1. The third kappa shape index (κ3) is 8.76. The number of phenols is 1. The molecule has 14 nitrogen and oxygen atoms in total. The zero-order chi connectivity index (χ0) is 45.7. The molecule has 5 atom stereocenters. The molecule has 1 spiro atoms. The minimum atomic E-state index is -1.11. The number of ether oxygens (including phenoxy) is 2. The summed E-state index contributed by atoms with van der Waals surface area (Å²) < 4.78 is 14.2. The molecular weight excluding hydrogens is 811 g/mol. The van der Waals surface area contributed by atoms with Gasteiger partial charge in [-0.1, -0.05) is 39.8 Å². The Morgan fingerprint density at radius 1 is 1.08 bits per heavy atom. The smallest absolute Gasteiger partial charge is 0.324 e. The molecule has 3 amide bonds. The summed E-state index contributed by atoms with van der Waals surface area (Å²) in [6, 6.07) is 12.5. The topological polar surface area (TPSA) is 167 Å². The van der Waals surface area contributed by atoms with Crippen LogP contribution in [-0.2, 0) is 48.0 Å². The van der Waals surface area contributed by atoms with Crippen LogP contribution in [0.1, 0.15) is 96.6 Å². The first-order valence-corrected chi connectivity index (χ1v) is 23.1. The molecule has 0 radical (unpaired) electrons. The number of carbonyl (C=O) groups excluding carboxylic acids is 4. The van der Waals surface area contributed by atoms with Crippen molar-refractivity contribution in [2.24, 2.45) is 16.7 Å². The molecular formula is C50H65N7O7. The van der Waals surface area contributed by atoms with Crippen molar-refractivity contribution in [3.8, 4) is 28.1 Å². The third-order valence-electron chi connectivity index (χ3n) is 14.1. The lowest BCUT2D eigenvalue weighted by Crippen LogP contribution is -2.62. The molecule has 342 valence electrons. The molecule has 2 saturated heterocycles. The van der Waals surface area contributed by atoms with Crippen molar-refractivity contribution >= 4 is 34.6 Å². The number of rotatable bonds is 9. The first-order valence-electron chi connectivity index (χ1n) is 23.1. The lowest BCUT2D eigenvalue weighted by Gasteiger charge is -2.37. The summed E-state index contributed by atoms with van der Waals surface area (Å²) in [6.45, 7) is 14.0. The van der Waals surface area contributed by atoms with Gasteiger partial charge in [-0.3, -0.25) is 29.2 Å². The van der Waals surface area contributed by atoms with Gasteiger partial charge in [-0.05, 0) is 129 Å². The van der Waals surface area contributed by atoms with Gasteiger partial charge < -0.3 is 34.7 Å². The highest BCUT2D eigenvalue weighted by molar-refractivity contribution is 5.96. The molecule has 5 heterocycles. The molecule has 2 aromatic heterocycles. The van der Waals surface area contributed by atoms with Crippen LogP contribution in [-0.4, -0.2) is 106 Å². The maximum Gasteiger partial charge on any atom is 0.324 e. The standard InChI is InChI=1S/C50H65N7O7/c1-9-56-40-15-14-32-26-36(40)37(43(56)35-12-10-19-51-41(35)30(4)63-8)27-49(5,6)28-64-48(62)38-13-11-21-57(54-38)46(60)39(24-31-22-33(32)25-34(58)23-31)53-45(59)42(29(2)3)55(7)47(61)44-50(16-17-50)18-20-52-44/h10,12,14-15,19,22-23,25-26,29-30,38-39,42,44,52,54,58H,9,11,13,16-18,20-21,24,27-28H2,1-8H3,(H,53,59)/t30-,38-,39-,42-,44?/m0/s1. The number of aromatic hydroxyl groups is 1. The van der Waals surface area contributed by atoms with Crippen molar-refractivity contribution in [3.05, 3.63) is 71.5 Å². The first-order chi connectivity index (χ1) is 30.5. The van der Waals surface area contributed by atoms with Crippen molar-refractivity contribution in [1.82, 2.24) is 35.5 Å². The maximum absolute atomic E-state index is 14.7. The van der Waals surface area contributed by atoms with Crippen molar-refractivity contribution in [2.45, 2.75) is 123 Å². The lowest BCUT2D eigenvalue weighted by molar-refractivity contribution is -0.155. The van der Waals surface area contributed by atoms with Crippen molar-refractivity contribution in [2.75, 3.05) is 33.9 Å². The van der Waals surface area contributed by atoms with Gasteiger partial charge in [-0.25, -0.2) is 5.43 Å². The van der Waals surface area contributed by atoms with Gasteiger partial charge in [0.25, 0.3) is 5.91 Å².